The molecule has 0 bridgehead atoms. The number of aromatic nitrogens is 4. The number of hydrogen-bond donors (Lipinski definition) is 3. The van der Waals surface area contributed by atoms with Crippen LogP contribution in [0.1, 0.15) is 48.7 Å². The Hall–Kier alpha value is -3.79. The standard InChI is InChI=1S/C24H28N6O4/c1-15-12-25-23(28-20(15)16-4-6-17(7-5-16)21(31)32)27-18-13-26-30(14-18)19-8-10-29(11-9-19)22(33)24(2,3)34/h4-7,12-14,19,34H,8-11H2,1-3H3,(H,31,32)(H,25,27,28). The molecule has 10 nitrogen and oxygen atoms in total. The summed E-state index contributed by atoms with van der Waals surface area (Å²) in [5.74, 6) is -0.813. The first-order valence-electron chi connectivity index (χ1n) is 11.1. The molecule has 0 radical (unpaired) electrons. The third-order valence-electron chi connectivity index (χ3n) is 5.88. The number of carboxylic acids is 1. The number of carboxylic acid groups (broad SMARTS) is 1. The number of benzene rings is 1. The van der Waals surface area contributed by atoms with Crippen molar-refractivity contribution < 1.29 is 19.8 Å². The Bertz CT molecular complexity index is 1190. The molecule has 0 spiro atoms. The summed E-state index contributed by atoms with van der Waals surface area (Å²) < 4.78 is 1.88. The van der Waals surface area contributed by atoms with Crippen LogP contribution in [0.4, 0.5) is 11.6 Å². The first-order chi connectivity index (χ1) is 16.1. The van der Waals surface area contributed by atoms with Crippen LogP contribution < -0.4 is 5.32 Å². The highest BCUT2D eigenvalue weighted by Gasteiger charge is 2.32. The van der Waals surface area contributed by atoms with E-state index in [1.54, 1.807) is 41.6 Å². The summed E-state index contributed by atoms with van der Waals surface area (Å²) in [5.41, 5.74) is 1.99. The molecule has 4 rings (SSSR count). The van der Waals surface area contributed by atoms with E-state index in [1.807, 2.05) is 17.8 Å². The molecular weight excluding hydrogens is 436 g/mol. The van der Waals surface area contributed by atoms with Crippen LogP contribution >= 0.6 is 0 Å². The molecule has 3 N–H and O–H groups in total. The maximum Gasteiger partial charge on any atom is 0.335 e. The van der Waals surface area contributed by atoms with Crippen LogP contribution in [0.2, 0.25) is 0 Å². The number of aliphatic hydroxyl groups is 1. The lowest BCUT2D eigenvalue weighted by molar-refractivity contribution is -0.149. The maximum absolute atomic E-state index is 12.3. The molecular formula is C24H28N6O4. The van der Waals surface area contributed by atoms with Crippen LogP contribution in [0.3, 0.4) is 0 Å². The summed E-state index contributed by atoms with van der Waals surface area (Å²) in [6.45, 7) is 6.06. The second kappa shape index (κ2) is 9.22. The fourth-order valence-electron chi connectivity index (χ4n) is 4.02. The number of piperidine rings is 1. The lowest BCUT2D eigenvalue weighted by Gasteiger charge is -2.35. The van der Waals surface area contributed by atoms with Gasteiger partial charge in [0.05, 0.1) is 29.2 Å². The highest BCUT2D eigenvalue weighted by Crippen LogP contribution is 2.26. The van der Waals surface area contributed by atoms with E-state index in [2.05, 4.69) is 20.4 Å². The minimum absolute atomic E-state index is 0.156. The normalized spacial score (nSPS) is 14.8. The topological polar surface area (TPSA) is 133 Å². The minimum atomic E-state index is -1.36. The van der Waals surface area contributed by atoms with Gasteiger partial charge >= 0.3 is 5.97 Å². The number of rotatable bonds is 6. The second-order valence-electron chi connectivity index (χ2n) is 9.02. The summed E-state index contributed by atoms with van der Waals surface area (Å²) in [4.78, 5) is 34.0. The Labute approximate surface area is 197 Å². The average Bonchev–Trinajstić information content (AvgIpc) is 3.28. The average molecular weight is 465 g/mol. The van der Waals surface area contributed by atoms with Crippen LogP contribution in [0.5, 0.6) is 0 Å². The van der Waals surface area contributed by atoms with Gasteiger partial charge in [0.1, 0.15) is 5.60 Å². The zero-order chi connectivity index (χ0) is 24.5. The summed E-state index contributed by atoms with van der Waals surface area (Å²) in [7, 11) is 0. The van der Waals surface area contributed by atoms with Crippen LogP contribution in [0.25, 0.3) is 11.3 Å². The maximum atomic E-state index is 12.3. The van der Waals surface area contributed by atoms with Crippen molar-refractivity contribution in [3.05, 3.63) is 54.0 Å². The number of aryl methyl sites for hydroxylation is 1. The smallest absolute Gasteiger partial charge is 0.335 e. The Balaban J connectivity index is 1.43. The van der Waals surface area contributed by atoms with Crippen molar-refractivity contribution >= 4 is 23.5 Å². The lowest BCUT2D eigenvalue weighted by Crippen LogP contribution is -2.48. The van der Waals surface area contributed by atoms with Crippen molar-refractivity contribution in [2.45, 2.75) is 45.3 Å². The molecule has 3 aromatic rings. The third kappa shape index (κ3) is 5.07. The second-order valence-corrected chi connectivity index (χ2v) is 9.02. The fourth-order valence-corrected chi connectivity index (χ4v) is 4.02. The molecule has 3 heterocycles. The van der Waals surface area contributed by atoms with E-state index in [4.69, 9.17) is 5.11 Å². The van der Waals surface area contributed by atoms with E-state index >= 15 is 0 Å². The number of hydrogen-bond acceptors (Lipinski definition) is 7. The molecule has 0 unspecified atom stereocenters. The number of aromatic carboxylic acids is 1. The molecule has 1 saturated heterocycles. The lowest BCUT2D eigenvalue weighted by atomic mass is 10.0. The van der Waals surface area contributed by atoms with Gasteiger partial charge in [-0.1, -0.05) is 12.1 Å². The first kappa shape index (κ1) is 23.4. The molecule has 0 aliphatic carbocycles. The van der Waals surface area contributed by atoms with Gasteiger partial charge in [-0.25, -0.2) is 14.8 Å². The summed E-state index contributed by atoms with van der Waals surface area (Å²) in [6, 6.07) is 6.72. The predicted octanol–water partition coefficient (Wildman–Crippen LogP) is 3.02. The molecule has 0 atom stereocenters. The van der Waals surface area contributed by atoms with Crippen molar-refractivity contribution in [3.63, 3.8) is 0 Å². The van der Waals surface area contributed by atoms with Gasteiger partial charge < -0.3 is 20.4 Å². The number of nitrogens with zero attached hydrogens (tertiary/aromatic N) is 5. The Morgan fingerprint density at radius 1 is 1.12 bits per heavy atom. The number of likely N-dealkylation sites (tertiary alicyclic amines) is 1. The van der Waals surface area contributed by atoms with Crippen molar-refractivity contribution in [3.8, 4) is 11.3 Å². The van der Waals surface area contributed by atoms with E-state index < -0.39 is 11.6 Å². The van der Waals surface area contributed by atoms with Crippen LogP contribution in [-0.4, -0.2) is 65.4 Å². The summed E-state index contributed by atoms with van der Waals surface area (Å²) in [6.07, 6.45) is 6.82. The van der Waals surface area contributed by atoms with E-state index in [9.17, 15) is 14.7 Å². The summed E-state index contributed by atoms with van der Waals surface area (Å²) >= 11 is 0. The van der Waals surface area contributed by atoms with E-state index in [0.717, 1.165) is 29.7 Å². The minimum Gasteiger partial charge on any atom is -0.478 e. The van der Waals surface area contributed by atoms with Gasteiger partial charge in [-0.2, -0.15) is 5.10 Å². The first-order valence-corrected chi connectivity index (χ1v) is 11.1. The van der Waals surface area contributed by atoms with Gasteiger partial charge in [-0.3, -0.25) is 9.48 Å². The highest BCUT2D eigenvalue weighted by atomic mass is 16.4. The Morgan fingerprint density at radius 2 is 1.79 bits per heavy atom. The number of carbonyl (C=O) groups excluding carboxylic acids is 1. The highest BCUT2D eigenvalue weighted by molar-refractivity contribution is 5.88. The number of nitrogens with one attached hydrogen (secondary N) is 1. The number of amides is 1. The van der Waals surface area contributed by atoms with Crippen molar-refractivity contribution in [2.75, 3.05) is 18.4 Å². The fraction of sp³-hybridized carbons (Fsp3) is 0.375. The molecule has 0 saturated carbocycles. The van der Waals surface area contributed by atoms with Gasteiger partial charge in [0.15, 0.2) is 0 Å². The van der Waals surface area contributed by atoms with Crippen molar-refractivity contribution in [1.82, 2.24) is 24.6 Å². The quantitative estimate of drug-likeness (QED) is 0.507. The van der Waals surface area contributed by atoms with Gasteiger partial charge in [-0.05, 0) is 51.3 Å². The van der Waals surface area contributed by atoms with Crippen LogP contribution in [-0.2, 0) is 4.79 Å². The summed E-state index contributed by atoms with van der Waals surface area (Å²) in [5, 5.41) is 26.7. The van der Waals surface area contributed by atoms with Gasteiger partial charge in [0, 0.05) is 31.0 Å². The van der Waals surface area contributed by atoms with E-state index in [1.165, 1.54) is 13.8 Å². The van der Waals surface area contributed by atoms with Crippen molar-refractivity contribution in [1.29, 1.82) is 0 Å². The Kier molecular flexibility index (Phi) is 6.34. The van der Waals surface area contributed by atoms with Gasteiger partial charge in [0.2, 0.25) is 5.95 Å². The molecule has 1 fully saturated rings. The predicted molar refractivity (Wildman–Crippen MR) is 126 cm³/mol. The largest absolute Gasteiger partial charge is 0.478 e. The molecule has 1 aliphatic rings. The SMILES string of the molecule is Cc1cnc(Nc2cnn(C3CCN(C(=O)C(C)(C)O)CC3)c2)nc1-c1ccc(C(=O)O)cc1. The van der Waals surface area contributed by atoms with Crippen LogP contribution in [0, 0.1) is 6.92 Å². The van der Waals surface area contributed by atoms with E-state index in [0.29, 0.717) is 24.7 Å². The molecule has 1 aliphatic heterocycles. The zero-order valence-corrected chi connectivity index (χ0v) is 19.4. The molecule has 1 amide bonds. The van der Waals surface area contributed by atoms with Crippen molar-refractivity contribution in [2.24, 2.45) is 0 Å². The zero-order valence-electron chi connectivity index (χ0n) is 19.4. The van der Waals surface area contributed by atoms with Gasteiger partial charge in [-0.15, -0.1) is 0 Å². The number of anilines is 2. The number of carbonyl (C=O) groups is 2. The monoisotopic (exact) mass is 464 g/mol. The Morgan fingerprint density at radius 3 is 2.41 bits per heavy atom. The molecule has 178 valence electrons. The molecule has 2 aromatic heterocycles. The molecule has 34 heavy (non-hydrogen) atoms. The molecule has 1 aromatic carbocycles. The molecule has 10 heteroatoms. The third-order valence-corrected chi connectivity index (χ3v) is 5.88. The van der Waals surface area contributed by atoms with E-state index in [-0.39, 0.29) is 17.5 Å². The van der Waals surface area contributed by atoms with Crippen LogP contribution in [0.15, 0.2) is 42.9 Å². The van der Waals surface area contributed by atoms with Gasteiger partial charge in [0.25, 0.3) is 5.91 Å².